The Bertz CT molecular complexity index is 786. The Labute approximate surface area is 290 Å². The molecule has 0 fully saturated rings. The fourth-order valence-electron chi connectivity index (χ4n) is 5.60. The number of phosphoric acid groups is 1. The lowest BCUT2D eigenvalue weighted by Gasteiger charge is -2.28. The van der Waals surface area contributed by atoms with Gasteiger partial charge < -0.3 is 23.2 Å². The van der Waals surface area contributed by atoms with Crippen LogP contribution in [0.1, 0.15) is 181 Å². The number of rotatable bonds is 36. The second kappa shape index (κ2) is 31.2. The van der Waals surface area contributed by atoms with Gasteiger partial charge >= 0.3 is 5.97 Å². The SMILES string of the molecule is CCCCCCCCCCCCCCCCCC(=O)OC[C@H](COP(=O)([O-])OCC[N+](C)(C)C)C(=O)CCCCCCCCCCC. The predicted molar refractivity (Wildman–Crippen MR) is 193 cm³/mol. The lowest BCUT2D eigenvalue weighted by molar-refractivity contribution is -0.870. The molecule has 0 aliphatic carbocycles. The number of quaternary nitrogens is 1. The van der Waals surface area contributed by atoms with Gasteiger partial charge in [0.2, 0.25) is 0 Å². The van der Waals surface area contributed by atoms with Crippen LogP contribution in [0, 0.1) is 5.92 Å². The first kappa shape index (κ1) is 46.2. The fraction of sp³-hybridized carbons (Fsp3) is 0.947. The highest BCUT2D eigenvalue weighted by Gasteiger charge is 2.24. The third-order valence-corrected chi connectivity index (χ3v) is 9.82. The molecule has 0 saturated carbocycles. The standard InChI is InChI=1S/C38H76NO7P/c1-6-8-10-12-14-16-17-18-19-20-21-23-25-27-29-31-38(41)44-34-36(35-46-47(42,43)45-33-32-39(3,4)5)37(40)30-28-26-24-22-15-13-11-9-7-2/h36H,6-35H2,1-5H3/t36-/m1/s1. The molecule has 0 saturated heterocycles. The van der Waals surface area contributed by atoms with Gasteiger partial charge in [-0.15, -0.1) is 0 Å². The number of phosphoric ester groups is 1. The number of hydrogen-bond acceptors (Lipinski definition) is 7. The van der Waals surface area contributed by atoms with Crippen LogP contribution in [0.2, 0.25) is 0 Å². The van der Waals surface area contributed by atoms with E-state index >= 15 is 0 Å². The van der Waals surface area contributed by atoms with Crippen molar-refractivity contribution >= 4 is 19.6 Å². The van der Waals surface area contributed by atoms with Crippen LogP contribution in [0.15, 0.2) is 0 Å². The zero-order valence-electron chi connectivity index (χ0n) is 31.5. The highest BCUT2D eigenvalue weighted by Crippen LogP contribution is 2.38. The third kappa shape index (κ3) is 33.5. The van der Waals surface area contributed by atoms with E-state index in [2.05, 4.69) is 13.8 Å². The summed E-state index contributed by atoms with van der Waals surface area (Å²) in [7, 11) is 1.25. The van der Waals surface area contributed by atoms with Crippen molar-refractivity contribution in [3.8, 4) is 0 Å². The lowest BCUT2D eigenvalue weighted by Crippen LogP contribution is -2.37. The maximum atomic E-state index is 13.0. The first-order chi connectivity index (χ1) is 22.5. The summed E-state index contributed by atoms with van der Waals surface area (Å²) in [5, 5.41) is 0. The number of ether oxygens (including phenoxy) is 1. The number of carbonyl (C=O) groups excluding carboxylic acids is 2. The van der Waals surface area contributed by atoms with Gasteiger partial charge in [0.25, 0.3) is 7.82 Å². The number of esters is 1. The maximum absolute atomic E-state index is 13.0. The summed E-state index contributed by atoms with van der Waals surface area (Å²) in [4.78, 5) is 37.8. The molecule has 0 rings (SSSR count). The molecule has 0 aliphatic heterocycles. The molecule has 0 amide bonds. The molecular formula is C38H76NO7P. The number of Topliss-reactive ketones (excluding diaryl/α,β-unsaturated/α-hetero) is 1. The Morgan fingerprint density at radius 3 is 1.36 bits per heavy atom. The number of ketones is 1. The summed E-state index contributed by atoms with van der Waals surface area (Å²) in [5.41, 5.74) is 0. The van der Waals surface area contributed by atoms with Gasteiger partial charge in [0, 0.05) is 12.8 Å². The number of nitrogens with zero attached hydrogens (tertiary/aromatic N) is 1. The molecule has 1 unspecified atom stereocenters. The number of likely N-dealkylation sites (N-methyl/N-ethyl adjacent to an activating group) is 1. The van der Waals surface area contributed by atoms with E-state index in [1.165, 1.54) is 116 Å². The van der Waals surface area contributed by atoms with Crippen LogP contribution in [-0.4, -0.2) is 63.7 Å². The molecule has 0 aromatic carbocycles. The Morgan fingerprint density at radius 1 is 0.574 bits per heavy atom. The summed E-state index contributed by atoms with van der Waals surface area (Å²) >= 11 is 0. The summed E-state index contributed by atoms with van der Waals surface area (Å²) in [6.45, 7) is 4.44. The van der Waals surface area contributed by atoms with Gasteiger partial charge in [-0.3, -0.25) is 14.2 Å². The van der Waals surface area contributed by atoms with Crippen molar-refractivity contribution in [1.82, 2.24) is 0 Å². The Balaban J connectivity index is 4.34. The van der Waals surface area contributed by atoms with E-state index in [9.17, 15) is 19.0 Å². The van der Waals surface area contributed by atoms with Crippen LogP contribution in [0.5, 0.6) is 0 Å². The minimum absolute atomic E-state index is 0.00439. The van der Waals surface area contributed by atoms with E-state index in [0.717, 1.165) is 38.5 Å². The van der Waals surface area contributed by atoms with Crippen molar-refractivity contribution < 1.29 is 37.3 Å². The first-order valence-corrected chi connectivity index (χ1v) is 21.1. The first-order valence-electron chi connectivity index (χ1n) is 19.6. The number of hydrogen-bond donors (Lipinski definition) is 0. The smallest absolute Gasteiger partial charge is 0.305 e. The number of carbonyl (C=O) groups is 2. The van der Waals surface area contributed by atoms with E-state index in [4.69, 9.17) is 13.8 Å². The van der Waals surface area contributed by atoms with Gasteiger partial charge in [0.05, 0.1) is 33.7 Å². The topological polar surface area (TPSA) is 102 Å². The zero-order valence-corrected chi connectivity index (χ0v) is 32.4. The average Bonchev–Trinajstić information content (AvgIpc) is 3.01. The maximum Gasteiger partial charge on any atom is 0.305 e. The molecular weight excluding hydrogens is 613 g/mol. The summed E-state index contributed by atoms with van der Waals surface area (Å²) < 4.78 is 28.4. The lowest BCUT2D eigenvalue weighted by atomic mass is 9.99. The highest BCUT2D eigenvalue weighted by molar-refractivity contribution is 7.45. The molecule has 0 N–H and O–H groups in total. The van der Waals surface area contributed by atoms with Crippen molar-refractivity contribution in [3.05, 3.63) is 0 Å². The molecule has 2 atom stereocenters. The van der Waals surface area contributed by atoms with Crippen molar-refractivity contribution in [2.45, 2.75) is 181 Å². The number of unbranched alkanes of at least 4 members (excludes halogenated alkanes) is 22. The van der Waals surface area contributed by atoms with E-state index < -0.39 is 13.7 Å². The molecule has 0 spiro atoms. The monoisotopic (exact) mass is 690 g/mol. The van der Waals surface area contributed by atoms with Crippen molar-refractivity contribution in [2.75, 3.05) is 47.5 Å². The Kier molecular flexibility index (Phi) is 30.7. The van der Waals surface area contributed by atoms with Gasteiger partial charge in [-0.2, -0.15) is 0 Å². The molecule has 9 heteroatoms. The molecule has 0 radical (unpaired) electrons. The summed E-state index contributed by atoms with van der Waals surface area (Å²) in [5.74, 6) is -1.29. The van der Waals surface area contributed by atoms with E-state index in [1.54, 1.807) is 0 Å². The second-order valence-corrected chi connectivity index (χ2v) is 16.1. The van der Waals surface area contributed by atoms with Gasteiger partial charge in [-0.25, -0.2) is 0 Å². The zero-order chi connectivity index (χ0) is 35.1. The minimum Gasteiger partial charge on any atom is -0.756 e. The van der Waals surface area contributed by atoms with Crippen LogP contribution in [0.25, 0.3) is 0 Å². The normalized spacial score (nSPS) is 13.8. The molecule has 0 heterocycles. The molecule has 0 bridgehead atoms. The van der Waals surface area contributed by atoms with E-state index in [-0.39, 0.29) is 31.6 Å². The molecule has 0 aromatic rings. The van der Waals surface area contributed by atoms with E-state index in [0.29, 0.717) is 23.9 Å². The molecule has 0 aliphatic rings. The van der Waals surface area contributed by atoms with Crippen LogP contribution < -0.4 is 4.89 Å². The predicted octanol–water partition coefficient (Wildman–Crippen LogP) is 10.1. The molecule has 47 heavy (non-hydrogen) atoms. The van der Waals surface area contributed by atoms with Gasteiger partial charge in [-0.05, 0) is 12.8 Å². The largest absolute Gasteiger partial charge is 0.756 e. The molecule has 0 aromatic heterocycles. The second-order valence-electron chi connectivity index (χ2n) is 14.7. The quantitative estimate of drug-likeness (QED) is 0.0279. The fourth-order valence-corrected chi connectivity index (χ4v) is 6.34. The Hall–Kier alpha value is -0.790. The highest BCUT2D eigenvalue weighted by atomic mass is 31.2. The van der Waals surface area contributed by atoms with Gasteiger partial charge in [0.1, 0.15) is 25.5 Å². The van der Waals surface area contributed by atoms with Crippen molar-refractivity contribution in [2.24, 2.45) is 5.92 Å². The molecule has 8 nitrogen and oxygen atoms in total. The van der Waals surface area contributed by atoms with Crippen LogP contribution in [0.3, 0.4) is 0 Å². The average molecular weight is 690 g/mol. The van der Waals surface area contributed by atoms with Crippen molar-refractivity contribution in [3.63, 3.8) is 0 Å². The summed E-state index contributed by atoms with van der Waals surface area (Å²) in [6, 6.07) is 0. The van der Waals surface area contributed by atoms with Crippen LogP contribution >= 0.6 is 7.82 Å². The summed E-state index contributed by atoms with van der Waals surface area (Å²) in [6.07, 6.45) is 29.8. The van der Waals surface area contributed by atoms with Gasteiger partial charge in [-0.1, -0.05) is 155 Å². The van der Waals surface area contributed by atoms with Crippen LogP contribution in [0.4, 0.5) is 0 Å². The third-order valence-electron chi connectivity index (χ3n) is 8.86. The van der Waals surface area contributed by atoms with Crippen LogP contribution in [-0.2, 0) is 27.9 Å². The van der Waals surface area contributed by atoms with Crippen molar-refractivity contribution in [1.29, 1.82) is 0 Å². The van der Waals surface area contributed by atoms with E-state index in [1.807, 2.05) is 21.1 Å². The van der Waals surface area contributed by atoms with Gasteiger partial charge in [0.15, 0.2) is 0 Å². The Morgan fingerprint density at radius 2 is 0.957 bits per heavy atom. The molecule has 280 valence electrons. The minimum atomic E-state index is -4.57.